The van der Waals surface area contributed by atoms with Gasteiger partial charge >= 0.3 is 0 Å². The molecule has 3 rings (SSSR count). The number of rotatable bonds is 4. The molecular formula is C16H17N3O2S. The zero-order valence-electron chi connectivity index (χ0n) is 12.4. The lowest BCUT2D eigenvalue weighted by atomic mass is 10.1. The van der Waals surface area contributed by atoms with Crippen LogP contribution in [0.2, 0.25) is 0 Å². The Morgan fingerprint density at radius 1 is 1.23 bits per heavy atom. The standard InChI is InChI=1S/C16H17N3O2S/c1-3-12-7-4-6-11(2)15(12)19-22(20,21)14-10-18-16-13(14)8-5-9-17-16/h4-10,19H,3H2,1-2H3,(H,17,18). The SMILES string of the molecule is CCc1cccc(C)c1NS(=O)(=O)c1c[nH]c2ncccc12. The summed E-state index contributed by atoms with van der Waals surface area (Å²) in [6.45, 7) is 3.90. The number of hydrogen-bond donors (Lipinski definition) is 2. The maximum atomic E-state index is 12.7. The summed E-state index contributed by atoms with van der Waals surface area (Å²) in [5, 5.41) is 0.585. The lowest BCUT2D eigenvalue weighted by Crippen LogP contribution is -2.14. The molecule has 0 amide bonds. The van der Waals surface area contributed by atoms with Crippen molar-refractivity contribution < 1.29 is 8.42 Å². The highest BCUT2D eigenvalue weighted by atomic mass is 32.2. The van der Waals surface area contributed by atoms with E-state index >= 15 is 0 Å². The maximum absolute atomic E-state index is 12.7. The first-order chi connectivity index (χ1) is 10.5. The number of aryl methyl sites for hydroxylation is 2. The van der Waals surface area contributed by atoms with Crippen molar-refractivity contribution in [1.82, 2.24) is 9.97 Å². The van der Waals surface area contributed by atoms with Crippen LogP contribution in [-0.4, -0.2) is 18.4 Å². The second kappa shape index (κ2) is 5.46. The summed E-state index contributed by atoms with van der Waals surface area (Å²) in [7, 11) is -3.67. The number of nitrogens with zero attached hydrogens (tertiary/aromatic N) is 1. The van der Waals surface area contributed by atoms with Crippen molar-refractivity contribution in [3.8, 4) is 0 Å². The van der Waals surface area contributed by atoms with Crippen LogP contribution in [0.15, 0.2) is 47.6 Å². The number of fused-ring (bicyclic) bond motifs is 1. The number of benzene rings is 1. The molecule has 2 aromatic heterocycles. The summed E-state index contributed by atoms with van der Waals surface area (Å²) in [6.07, 6.45) is 3.86. The number of nitrogens with one attached hydrogen (secondary N) is 2. The van der Waals surface area contributed by atoms with Crippen LogP contribution < -0.4 is 4.72 Å². The first kappa shape index (κ1) is 14.6. The van der Waals surface area contributed by atoms with Crippen LogP contribution in [0.3, 0.4) is 0 Å². The van der Waals surface area contributed by atoms with Gasteiger partial charge in [0.25, 0.3) is 10.0 Å². The molecule has 0 fully saturated rings. The lowest BCUT2D eigenvalue weighted by Gasteiger charge is -2.14. The van der Waals surface area contributed by atoms with Crippen LogP contribution in [0.1, 0.15) is 18.1 Å². The van der Waals surface area contributed by atoms with Gasteiger partial charge < -0.3 is 4.98 Å². The number of anilines is 1. The van der Waals surface area contributed by atoms with Crippen LogP contribution >= 0.6 is 0 Å². The van der Waals surface area contributed by atoms with Gasteiger partial charge in [0.05, 0.1) is 5.69 Å². The highest BCUT2D eigenvalue weighted by molar-refractivity contribution is 7.93. The largest absolute Gasteiger partial charge is 0.345 e. The second-order valence-electron chi connectivity index (χ2n) is 5.12. The van der Waals surface area contributed by atoms with Gasteiger partial charge in [0.15, 0.2) is 0 Å². The van der Waals surface area contributed by atoms with Crippen molar-refractivity contribution in [2.24, 2.45) is 0 Å². The van der Waals surface area contributed by atoms with E-state index in [9.17, 15) is 8.42 Å². The summed E-state index contributed by atoms with van der Waals surface area (Å²) in [5.74, 6) is 0. The van der Waals surface area contributed by atoms with E-state index in [1.807, 2.05) is 32.0 Å². The van der Waals surface area contributed by atoms with Gasteiger partial charge in [-0.25, -0.2) is 13.4 Å². The summed E-state index contributed by atoms with van der Waals surface area (Å²) in [5.41, 5.74) is 3.09. The van der Waals surface area contributed by atoms with E-state index in [1.54, 1.807) is 18.3 Å². The fourth-order valence-electron chi connectivity index (χ4n) is 2.51. The van der Waals surface area contributed by atoms with E-state index in [1.165, 1.54) is 6.20 Å². The molecule has 6 heteroatoms. The van der Waals surface area contributed by atoms with Gasteiger partial charge in [-0.15, -0.1) is 0 Å². The predicted octanol–water partition coefficient (Wildman–Crippen LogP) is 3.23. The first-order valence-corrected chi connectivity index (χ1v) is 8.54. The minimum Gasteiger partial charge on any atom is -0.345 e. The molecule has 0 saturated carbocycles. The third-order valence-corrected chi connectivity index (χ3v) is 5.07. The van der Waals surface area contributed by atoms with Gasteiger partial charge in [0.2, 0.25) is 0 Å². The molecule has 2 N–H and O–H groups in total. The molecule has 5 nitrogen and oxygen atoms in total. The van der Waals surface area contributed by atoms with Crippen LogP contribution in [0.5, 0.6) is 0 Å². The zero-order valence-corrected chi connectivity index (χ0v) is 13.2. The fraction of sp³-hybridized carbons (Fsp3) is 0.188. The molecule has 0 bridgehead atoms. The summed E-state index contributed by atoms with van der Waals surface area (Å²) >= 11 is 0. The van der Waals surface area contributed by atoms with E-state index in [4.69, 9.17) is 0 Å². The first-order valence-electron chi connectivity index (χ1n) is 7.06. The van der Waals surface area contributed by atoms with Crippen LogP contribution in [0.25, 0.3) is 11.0 Å². The van der Waals surface area contributed by atoms with E-state index in [0.717, 1.165) is 17.5 Å². The van der Waals surface area contributed by atoms with Crippen molar-refractivity contribution in [2.45, 2.75) is 25.2 Å². The number of hydrogen-bond acceptors (Lipinski definition) is 3. The minimum atomic E-state index is -3.67. The molecule has 22 heavy (non-hydrogen) atoms. The van der Waals surface area contributed by atoms with E-state index in [0.29, 0.717) is 16.7 Å². The predicted molar refractivity (Wildman–Crippen MR) is 87.5 cm³/mol. The highest BCUT2D eigenvalue weighted by Crippen LogP contribution is 2.27. The average Bonchev–Trinajstić information content (AvgIpc) is 2.94. The van der Waals surface area contributed by atoms with Crippen molar-refractivity contribution in [2.75, 3.05) is 4.72 Å². The van der Waals surface area contributed by atoms with Gasteiger partial charge in [-0.1, -0.05) is 25.1 Å². The molecule has 0 aliphatic rings. The quantitative estimate of drug-likeness (QED) is 0.776. The normalized spacial score (nSPS) is 11.7. The number of para-hydroxylation sites is 1. The maximum Gasteiger partial charge on any atom is 0.264 e. The number of pyridine rings is 1. The summed E-state index contributed by atoms with van der Waals surface area (Å²) < 4.78 is 28.2. The smallest absolute Gasteiger partial charge is 0.264 e. The topological polar surface area (TPSA) is 74.8 Å². The molecule has 114 valence electrons. The monoisotopic (exact) mass is 315 g/mol. The number of aromatic amines is 1. The third kappa shape index (κ3) is 2.46. The molecule has 2 heterocycles. The summed E-state index contributed by atoms with van der Waals surface area (Å²) in [4.78, 5) is 7.23. The Balaban J connectivity index is 2.09. The van der Waals surface area contributed by atoms with Gasteiger partial charge in [-0.05, 0) is 36.6 Å². The lowest BCUT2D eigenvalue weighted by molar-refractivity contribution is 0.602. The zero-order chi connectivity index (χ0) is 15.7. The molecule has 0 atom stereocenters. The van der Waals surface area contributed by atoms with Crippen molar-refractivity contribution in [3.63, 3.8) is 0 Å². The minimum absolute atomic E-state index is 0.209. The Hall–Kier alpha value is -2.34. The molecule has 0 aliphatic carbocycles. The Kier molecular flexibility index (Phi) is 3.62. The average molecular weight is 315 g/mol. The Morgan fingerprint density at radius 2 is 2.05 bits per heavy atom. The van der Waals surface area contributed by atoms with Crippen molar-refractivity contribution in [3.05, 3.63) is 53.9 Å². The molecule has 0 unspecified atom stereocenters. The van der Waals surface area contributed by atoms with Gasteiger partial charge in [0, 0.05) is 17.8 Å². The number of sulfonamides is 1. The van der Waals surface area contributed by atoms with Gasteiger partial charge in [-0.2, -0.15) is 0 Å². The molecule has 0 aliphatic heterocycles. The molecular weight excluding hydrogens is 298 g/mol. The Morgan fingerprint density at radius 3 is 2.82 bits per heavy atom. The summed E-state index contributed by atoms with van der Waals surface area (Å²) in [6, 6.07) is 9.23. The van der Waals surface area contributed by atoms with E-state index in [2.05, 4.69) is 14.7 Å². The van der Waals surface area contributed by atoms with Crippen molar-refractivity contribution >= 4 is 26.7 Å². The Labute approximate surface area is 129 Å². The second-order valence-corrected chi connectivity index (χ2v) is 6.77. The molecule has 0 radical (unpaired) electrons. The van der Waals surface area contributed by atoms with Gasteiger partial charge in [-0.3, -0.25) is 4.72 Å². The molecule has 0 spiro atoms. The molecule has 3 aromatic rings. The Bertz CT molecular complexity index is 929. The number of aromatic nitrogens is 2. The van der Waals surface area contributed by atoms with Gasteiger partial charge in [0.1, 0.15) is 10.5 Å². The fourth-order valence-corrected chi connectivity index (χ4v) is 3.85. The highest BCUT2D eigenvalue weighted by Gasteiger charge is 2.21. The third-order valence-electron chi connectivity index (χ3n) is 3.68. The van der Waals surface area contributed by atoms with Crippen LogP contribution in [0, 0.1) is 6.92 Å². The van der Waals surface area contributed by atoms with Crippen molar-refractivity contribution in [1.29, 1.82) is 0 Å². The molecule has 0 saturated heterocycles. The molecule has 1 aromatic carbocycles. The van der Waals surface area contributed by atoms with Crippen LogP contribution in [-0.2, 0) is 16.4 Å². The van der Waals surface area contributed by atoms with E-state index in [-0.39, 0.29) is 4.90 Å². The number of H-pyrrole nitrogens is 1. The van der Waals surface area contributed by atoms with Crippen LogP contribution in [0.4, 0.5) is 5.69 Å². The van der Waals surface area contributed by atoms with E-state index < -0.39 is 10.0 Å².